The van der Waals surface area contributed by atoms with Crippen LogP contribution in [0.2, 0.25) is 5.02 Å². The van der Waals surface area contributed by atoms with Gasteiger partial charge < -0.3 is 16.0 Å². The summed E-state index contributed by atoms with van der Waals surface area (Å²) in [5.41, 5.74) is 6.62. The van der Waals surface area contributed by atoms with Gasteiger partial charge in [0, 0.05) is 18.8 Å². The quantitative estimate of drug-likeness (QED) is 0.766. The summed E-state index contributed by atoms with van der Waals surface area (Å²) < 4.78 is 0. The van der Waals surface area contributed by atoms with Gasteiger partial charge in [-0.3, -0.25) is 9.59 Å². The van der Waals surface area contributed by atoms with Gasteiger partial charge in [0.25, 0.3) is 5.91 Å². The molecule has 5 nitrogen and oxygen atoms in total. The third kappa shape index (κ3) is 2.12. The van der Waals surface area contributed by atoms with Crippen LogP contribution < -0.4 is 11.1 Å². The van der Waals surface area contributed by atoms with E-state index < -0.39 is 0 Å². The van der Waals surface area contributed by atoms with E-state index in [1.165, 1.54) is 0 Å². The molecular weight excluding hydrogens is 278 g/mol. The molecule has 3 rings (SSSR count). The second-order valence-electron chi connectivity index (χ2n) is 5.30. The largest absolute Gasteiger partial charge is 0.399 e. The zero-order valence-corrected chi connectivity index (χ0v) is 11.7. The van der Waals surface area contributed by atoms with E-state index in [0.29, 0.717) is 29.4 Å². The first kappa shape index (κ1) is 13.2. The number of benzene rings is 1. The summed E-state index contributed by atoms with van der Waals surface area (Å²) in [6, 6.07) is 4.83. The number of carbonyl (C=O) groups excluding carboxylic acids is 2. The molecule has 6 heteroatoms. The standard InChI is InChI=1S/C14H16ClN3O2/c15-11-6-8(16)3-4-9(11)14(20)18-5-1-2-10-12(18)7-17-13(10)19/h3-4,6,10,12H,1-2,5,7,16H2,(H,17,19). The van der Waals surface area contributed by atoms with Crippen LogP contribution in [0.1, 0.15) is 23.2 Å². The van der Waals surface area contributed by atoms with Gasteiger partial charge in [0.15, 0.2) is 0 Å². The summed E-state index contributed by atoms with van der Waals surface area (Å²) in [4.78, 5) is 26.1. The minimum atomic E-state index is -0.124. The Morgan fingerprint density at radius 3 is 3.00 bits per heavy atom. The maximum Gasteiger partial charge on any atom is 0.255 e. The molecule has 2 unspecified atom stereocenters. The van der Waals surface area contributed by atoms with Crippen LogP contribution in [-0.2, 0) is 4.79 Å². The van der Waals surface area contributed by atoms with Crippen molar-refractivity contribution in [2.75, 3.05) is 18.8 Å². The predicted molar refractivity (Wildman–Crippen MR) is 76.4 cm³/mol. The van der Waals surface area contributed by atoms with Gasteiger partial charge in [0.05, 0.1) is 22.5 Å². The summed E-state index contributed by atoms with van der Waals surface area (Å²) in [6.07, 6.45) is 1.68. The molecule has 2 atom stereocenters. The Hall–Kier alpha value is -1.75. The van der Waals surface area contributed by atoms with Gasteiger partial charge in [0.1, 0.15) is 0 Å². The van der Waals surface area contributed by atoms with E-state index in [2.05, 4.69) is 5.32 Å². The minimum absolute atomic E-state index is 0.0518. The maximum absolute atomic E-state index is 12.6. The molecule has 2 saturated heterocycles. The highest BCUT2D eigenvalue weighted by Gasteiger charge is 2.42. The average Bonchev–Trinajstić information content (AvgIpc) is 2.80. The van der Waals surface area contributed by atoms with Crippen LogP contribution >= 0.6 is 11.6 Å². The SMILES string of the molecule is Nc1ccc(C(=O)N2CCCC3C(=O)NCC32)c(Cl)c1. The van der Waals surface area contributed by atoms with Gasteiger partial charge in [-0.15, -0.1) is 0 Å². The lowest BCUT2D eigenvalue weighted by Crippen LogP contribution is -2.48. The van der Waals surface area contributed by atoms with Crippen LogP contribution in [0, 0.1) is 5.92 Å². The number of nitrogens with zero attached hydrogens (tertiary/aromatic N) is 1. The number of nitrogens with one attached hydrogen (secondary N) is 1. The lowest BCUT2D eigenvalue weighted by molar-refractivity contribution is -0.123. The Kier molecular flexibility index (Phi) is 3.30. The molecule has 0 aromatic heterocycles. The van der Waals surface area contributed by atoms with E-state index in [4.69, 9.17) is 17.3 Å². The van der Waals surface area contributed by atoms with E-state index >= 15 is 0 Å². The molecule has 3 N–H and O–H groups in total. The first-order chi connectivity index (χ1) is 9.58. The van der Waals surface area contributed by atoms with Crippen molar-refractivity contribution < 1.29 is 9.59 Å². The fraction of sp³-hybridized carbons (Fsp3) is 0.429. The molecule has 0 bridgehead atoms. The molecule has 2 aliphatic rings. The number of nitrogen functional groups attached to an aromatic ring is 1. The number of amides is 2. The third-order valence-corrected chi connectivity index (χ3v) is 4.40. The van der Waals surface area contributed by atoms with E-state index in [1.807, 2.05) is 0 Å². The van der Waals surface area contributed by atoms with Crippen LogP contribution in [-0.4, -0.2) is 35.8 Å². The summed E-state index contributed by atoms with van der Waals surface area (Å²) in [6.45, 7) is 1.19. The number of rotatable bonds is 1. The van der Waals surface area contributed by atoms with Crippen LogP contribution in [0.15, 0.2) is 18.2 Å². The zero-order valence-electron chi connectivity index (χ0n) is 10.9. The Labute approximate surface area is 122 Å². The third-order valence-electron chi connectivity index (χ3n) is 4.09. The molecule has 1 aromatic rings. The molecule has 0 aliphatic carbocycles. The number of hydrogen-bond donors (Lipinski definition) is 2. The van der Waals surface area contributed by atoms with Crippen LogP contribution in [0.4, 0.5) is 5.69 Å². The predicted octanol–water partition coefficient (Wildman–Crippen LogP) is 1.27. The number of nitrogens with two attached hydrogens (primary N) is 1. The average molecular weight is 294 g/mol. The summed E-state index contributed by atoms with van der Waals surface area (Å²) in [7, 11) is 0. The van der Waals surface area contributed by atoms with Crippen molar-refractivity contribution in [1.29, 1.82) is 0 Å². The molecule has 1 aromatic carbocycles. The molecule has 0 spiro atoms. The first-order valence-corrected chi connectivity index (χ1v) is 7.09. The number of anilines is 1. The number of fused-ring (bicyclic) bond motifs is 1. The second kappa shape index (κ2) is 4.98. The van der Waals surface area contributed by atoms with Gasteiger partial charge in [-0.1, -0.05) is 11.6 Å². The smallest absolute Gasteiger partial charge is 0.255 e. The Balaban J connectivity index is 1.88. The second-order valence-corrected chi connectivity index (χ2v) is 5.71. The fourth-order valence-electron chi connectivity index (χ4n) is 3.06. The fourth-order valence-corrected chi connectivity index (χ4v) is 3.33. The zero-order chi connectivity index (χ0) is 14.3. The van der Waals surface area contributed by atoms with Crippen molar-refractivity contribution in [3.05, 3.63) is 28.8 Å². The Morgan fingerprint density at radius 1 is 1.45 bits per heavy atom. The highest BCUT2D eigenvalue weighted by Crippen LogP contribution is 2.30. The number of carbonyl (C=O) groups is 2. The Bertz CT molecular complexity index is 576. The number of likely N-dealkylation sites (tertiary alicyclic amines) is 1. The molecule has 2 fully saturated rings. The summed E-state index contributed by atoms with van der Waals surface area (Å²) >= 11 is 6.11. The topological polar surface area (TPSA) is 75.4 Å². The van der Waals surface area contributed by atoms with Crippen LogP contribution in [0.25, 0.3) is 0 Å². The van der Waals surface area contributed by atoms with E-state index in [-0.39, 0.29) is 23.8 Å². The highest BCUT2D eigenvalue weighted by atomic mass is 35.5. The van der Waals surface area contributed by atoms with Gasteiger partial charge in [-0.25, -0.2) is 0 Å². The normalized spacial score (nSPS) is 25.2. The Morgan fingerprint density at radius 2 is 2.25 bits per heavy atom. The molecule has 2 amide bonds. The highest BCUT2D eigenvalue weighted by molar-refractivity contribution is 6.34. The molecule has 0 saturated carbocycles. The van der Waals surface area contributed by atoms with E-state index in [0.717, 1.165) is 12.8 Å². The van der Waals surface area contributed by atoms with Crippen LogP contribution in [0.3, 0.4) is 0 Å². The first-order valence-electron chi connectivity index (χ1n) is 6.71. The molecule has 2 aliphatic heterocycles. The molecule has 106 valence electrons. The minimum Gasteiger partial charge on any atom is -0.399 e. The number of hydrogen-bond acceptors (Lipinski definition) is 3. The molecular formula is C14H16ClN3O2. The van der Waals surface area contributed by atoms with Gasteiger partial charge in [-0.2, -0.15) is 0 Å². The lowest BCUT2D eigenvalue weighted by Gasteiger charge is -2.36. The number of halogens is 1. The van der Waals surface area contributed by atoms with Crippen LogP contribution in [0.5, 0.6) is 0 Å². The molecule has 20 heavy (non-hydrogen) atoms. The van der Waals surface area contributed by atoms with E-state index in [1.54, 1.807) is 23.1 Å². The maximum atomic E-state index is 12.6. The monoisotopic (exact) mass is 293 g/mol. The molecule has 0 radical (unpaired) electrons. The van der Waals surface area contributed by atoms with Gasteiger partial charge >= 0.3 is 0 Å². The van der Waals surface area contributed by atoms with Gasteiger partial charge in [-0.05, 0) is 31.0 Å². The van der Waals surface area contributed by atoms with Crippen molar-refractivity contribution in [3.63, 3.8) is 0 Å². The van der Waals surface area contributed by atoms with Gasteiger partial charge in [0.2, 0.25) is 5.91 Å². The number of piperidine rings is 1. The van der Waals surface area contributed by atoms with Crippen molar-refractivity contribution in [1.82, 2.24) is 10.2 Å². The van der Waals surface area contributed by atoms with Crippen molar-refractivity contribution in [2.45, 2.75) is 18.9 Å². The lowest BCUT2D eigenvalue weighted by atomic mass is 9.91. The van der Waals surface area contributed by atoms with Crippen molar-refractivity contribution in [2.24, 2.45) is 5.92 Å². The van der Waals surface area contributed by atoms with Crippen molar-refractivity contribution in [3.8, 4) is 0 Å². The summed E-state index contributed by atoms with van der Waals surface area (Å²) in [5.74, 6) is -0.155. The molecule has 2 heterocycles. The van der Waals surface area contributed by atoms with E-state index in [9.17, 15) is 9.59 Å². The van der Waals surface area contributed by atoms with Crippen molar-refractivity contribution >= 4 is 29.1 Å². The summed E-state index contributed by atoms with van der Waals surface area (Å²) in [5, 5.41) is 3.19.